The number of methoxy groups -OCH3 is 2. The summed E-state index contributed by atoms with van der Waals surface area (Å²) in [4.78, 5) is 39.6. The zero-order valence-electron chi connectivity index (χ0n) is 22.0. The van der Waals surface area contributed by atoms with Crippen LogP contribution in [0.3, 0.4) is 0 Å². The van der Waals surface area contributed by atoms with Crippen LogP contribution < -0.4 is 25.4 Å². The number of hydrogen-bond donors (Lipinski definition) is 4. The largest absolute Gasteiger partial charge is 0.508 e. The Bertz CT molecular complexity index is 1470. The molecule has 0 fully saturated rings. The average molecular weight is 540 g/mol. The van der Waals surface area contributed by atoms with Gasteiger partial charge < -0.3 is 30.5 Å². The van der Waals surface area contributed by atoms with E-state index in [1.807, 2.05) is 0 Å². The summed E-state index contributed by atoms with van der Waals surface area (Å²) in [5.74, 6) is -0.0378. The molecule has 0 spiro atoms. The molecular formula is C31H29N3O6. The van der Waals surface area contributed by atoms with Crippen molar-refractivity contribution < 1.29 is 29.0 Å². The van der Waals surface area contributed by atoms with Gasteiger partial charge >= 0.3 is 0 Å². The molecule has 0 aliphatic heterocycles. The van der Waals surface area contributed by atoms with E-state index < -0.39 is 23.8 Å². The number of nitrogens with one attached hydrogen (secondary N) is 3. The lowest BCUT2D eigenvalue weighted by atomic mass is 10.0. The van der Waals surface area contributed by atoms with Crippen molar-refractivity contribution in [3.8, 4) is 17.2 Å². The van der Waals surface area contributed by atoms with Crippen LogP contribution in [0.25, 0.3) is 0 Å². The van der Waals surface area contributed by atoms with E-state index >= 15 is 0 Å². The van der Waals surface area contributed by atoms with Crippen molar-refractivity contribution in [2.24, 2.45) is 0 Å². The second-order valence-corrected chi connectivity index (χ2v) is 8.84. The molecule has 4 aromatic rings. The zero-order chi connectivity index (χ0) is 28.5. The van der Waals surface area contributed by atoms with Crippen LogP contribution in [0.1, 0.15) is 26.3 Å². The Kier molecular flexibility index (Phi) is 8.99. The fourth-order valence-electron chi connectivity index (χ4n) is 3.94. The minimum atomic E-state index is -0.968. The minimum absolute atomic E-state index is 0.0912. The first-order valence-electron chi connectivity index (χ1n) is 12.4. The van der Waals surface area contributed by atoms with Gasteiger partial charge in [0.1, 0.15) is 23.3 Å². The van der Waals surface area contributed by atoms with Crippen LogP contribution in [0.4, 0.5) is 11.4 Å². The first-order valence-corrected chi connectivity index (χ1v) is 12.4. The second kappa shape index (κ2) is 13.0. The summed E-state index contributed by atoms with van der Waals surface area (Å²) in [7, 11) is 3.09. The van der Waals surface area contributed by atoms with Crippen molar-refractivity contribution in [3.63, 3.8) is 0 Å². The van der Waals surface area contributed by atoms with Crippen molar-refractivity contribution in [2.45, 2.75) is 12.5 Å². The van der Waals surface area contributed by atoms with Crippen LogP contribution in [0.5, 0.6) is 17.2 Å². The average Bonchev–Trinajstić information content (AvgIpc) is 2.98. The number of rotatable bonds is 10. The van der Waals surface area contributed by atoms with Gasteiger partial charge in [-0.25, -0.2) is 0 Å². The van der Waals surface area contributed by atoms with Gasteiger partial charge in [-0.1, -0.05) is 24.3 Å². The molecule has 40 heavy (non-hydrogen) atoms. The highest BCUT2D eigenvalue weighted by Crippen LogP contribution is 2.20. The third-order valence-corrected chi connectivity index (χ3v) is 6.13. The van der Waals surface area contributed by atoms with Gasteiger partial charge in [0.25, 0.3) is 11.8 Å². The summed E-state index contributed by atoms with van der Waals surface area (Å²) >= 11 is 0. The molecule has 9 heteroatoms. The summed E-state index contributed by atoms with van der Waals surface area (Å²) in [6.07, 6.45) is 0.161. The molecule has 0 saturated heterocycles. The van der Waals surface area contributed by atoms with Crippen LogP contribution in [0.2, 0.25) is 0 Å². The summed E-state index contributed by atoms with van der Waals surface area (Å²) in [6.45, 7) is 0. The molecule has 0 aliphatic rings. The van der Waals surface area contributed by atoms with Crippen molar-refractivity contribution in [3.05, 3.63) is 114 Å². The van der Waals surface area contributed by atoms with E-state index in [4.69, 9.17) is 9.47 Å². The van der Waals surface area contributed by atoms with Crippen LogP contribution in [0, 0.1) is 0 Å². The molecule has 0 radical (unpaired) electrons. The lowest BCUT2D eigenvalue weighted by molar-refractivity contribution is -0.118. The first kappa shape index (κ1) is 27.7. The van der Waals surface area contributed by atoms with E-state index in [0.29, 0.717) is 28.4 Å². The van der Waals surface area contributed by atoms with Crippen molar-refractivity contribution in [1.29, 1.82) is 0 Å². The van der Waals surface area contributed by atoms with Crippen LogP contribution in [-0.4, -0.2) is 43.1 Å². The standard InChI is InChI=1S/C31H29N3O6/c1-39-24-15-9-21(10-16-24)29(36)33-27-6-4-3-5-26(27)30(37)34-28(19-20-7-13-23(35)14-8-20)31(38)32-22-11-17-25(40-2)18-12-22/h3-18,28,35H,19H2,1-2H3,(H,32,38)(H,33,36)(H,34,37)/t28-/m1/s1. The maximum atomic E-state index is 13.4. The molecule has 0 saturated carbocycles. The quantitative estimate of drug-likeness (QED) is 0.233. The summed E-state index contributed by atoms with van der Waals surface area (Å²) < 4.78 is 10.3. The molecule has 0 aromatic heterocycles. The molecule has 0 heterocycles. The van der Waals surface area contributed by atoms with Gasteiger partial charge in [0.15, 0.2) is 0 Å². The van der Waals surface area contributed by atoms with Gasteiger partial charge in [-0.2, -0.15) is 0 Å². The van der Waals surface area contributed by atoms with Crippen LogP contribution in [0.15, 0.2) is 97.1 Å². The number of para-hydroxylation sites is 1. The van der Waals surface area contributed by atoms with E-state index in [2.05, 4.69) is 16.0 Å². The molecule has 0 unspecified atom stereocenters. The minimum Gasteiger partial charge on any atom is -0.508 e. The number of ether oxygens (including phenoxy) is 2. The Balaban J connectivity index is 1.54. The molecule has 1 atom stereocenters. The number of benzene rings is 4. The smallest absolute Gasteiger partial charge is 0.255 e. The van der Waals surface area contributed by atoms with Gasteiger partial charge in [0, 0.05) is 17.7 Å². The highest BCUT2D eigenvalue weighted by molar-refractivity contribution is 6.10. The molecule has 0 bridgehead atoms. The highest BCUT2D eigenvalue weighted by Gasteiger charge is 2.24. The number of aromatic hydroxyl groups is 1. The molecule has 4 rings (SSSR count). The van der Waals surface area contributed by atoms with E-state index in [0.717, 1.165) is 5.56 Å². The van der Waals surface area contributed by atoms with E-state index in [-0.39, 0.29) is 17.7 Å². The fourth-order valence-corrected chi connectivity index (χ4v) is 3.94. The normalized spacial score (nSPS) is 11.2. The van der Waals surface area contributed by atoms with Crippen molar-refractivity contribution in [1.82, 2.24) is 5.32 Å². The molecule has 9 nitrogen and oxygen atoms in total. The number of phenols is 1. The fraction of sp³-hybridized carbons (Fsp3) is 0.129. The van der Waals surface area contributed by atoms with Gasteiger partial charge in [0.2, 0.25) is 5.91 Å². The van der Waals surface area contributed by atoms with Crippen LogP contribution in [-0.2, 0) is 11.2 Å². The monoisotopic (exact) mass is 539 g/mol. The van der Waals surface area contributed by atoms with Gasteiger partial charge in [-0.05, 0) is 78.4 Å². The molecular weight excluding hydrogens is 510 g/mol. The zero-order valence-corrected chi connectivity index (χ0v) is 22.0. The predicted molar refractivity (Wildman–Crippen MR) is 152 cm³/mol. The lowest BCUT2D eigenvalue weighted by Crippen LogP contribution is -2.45. The number of anilines is 2. The number of hydrogen-bond acceptors (Lipinski definition) is 6. The SMILES string of the molecule is COc1ccc(NC(=O)[C@@H](Cc2ccc(O)cc2)NC(=O)c2ccccc2NC(=O)c2ccc(OC)cc2)cc1. The van der Waals surface area contributed by atoms with Crippen LogP contribution >= 0.6 is 0 Å². The number of carbonyl (C=O) groups is 3. The van der Waals surface area contributed by atoms with E-state index in [9.17, 15) is 19.5 Å². The van der Waals surface area contributed by atoms with E-state index in [1.165, 1.54) is 19.2 Å². The maximum absolute atomic E-state index is 13.4. The lowest BCUT2D eigenvalue weighted by Gasteiger charge is -2.20. The number of amides is 3. The molecule has 3 amide bonds. The second-order valence-electron chi connectivity index (χ2n) is 8.84. The number of carbonyl (C=O) groups excluding carboxylic acids is 3. The van der Waals surface area contributed by atoms with Gasteiger partial charge in [-0.15, -0.1) is 0 Å². The van der Waals surface area contributed by atoms with Crippen molar-refractivity contribution in [2.75, 3.05) is 24.9 Å². The Morgan fingerprint density at radius 2 is 1.32 bits per heavy atom. The van der Waals surface area contributed by atoms with Gasteiger partial charge in [0.05, 0.1) is 25.5 Å². The van der Waals surface area contributed by atoms with E-state index in [1.54, 1.807) is 92.0 Å². The van der Waals surface area contributed by atoms with Gasteiger partial charge in [-0.3, -0.25) is 14.4 Å². The summed E-state index contributed by atoms with van der Waals surface area (Å²) in [5.41, 5.74) is 2.13. The Morgan fingerprint density at radius 1 is 0.725 bits per heavy atom. The number of phenolic OH excluding ortho intramolecular Hbond substituents is 1. The molecule has 0 aliphatic carbocycles. The first-order chi connectivity index (χ1) is 19.4. The highest BCUT2D eigenvalue weighted by atomic mass is 16.5. The third kappa shape index (κ3) is 7.16. The predicted octanol–water partition coefficient (Wildman–Crippen LogP) is 4.64. The summed E-state index contributed by atoms with van der Waals surface area (Å²) in [5, 5.41) is 18.0. The molecule has 204 valence electrons. The van der Waals surface area contributed by atoms with Crippen molar-refractivity contribution >= 4 is 29.1 Å². The topological polar surface area (TPSA) is 126 Å². The Morgan fingerprint density at radius 3 is 1.95 bits per heavy atom. The maximum Gasteiger partial charge on any atom is 0.255 e. The third-order valence-electron chi connectivity index (χ3n) is 6.13. The Labute approximate surface area is 231 Å². The molecule has 4 aromatic carbocycles. The Hall–Kier alpha value is -5.31. The molecule has 4 N–H and O–H groups in total. The summed E-state index contributed by atoms with van der Waals surface area (Å²) in [6, 6.07) is 25.4.